The Bertz CT molecular complexity index is 278. The van der Waals surface area contributed by atoms with Gasteiger partial charge in [-0.15, -0.1) is 0 Å². The minimum Gasteiger partial charge on any atom is -0.465 e. The largest absolute Gasteiger partial charge is 0.465 e. The third-order valence-corrected chi connectivity index (χ3v) is 4.33. The Morgan fingerprint density at radius 3 is 2.67 bits per heavy atom. The van der Waals surface area contributed by atoms with E-state index < -0.39 is 5.54 Å². The zero-order chi connectivity index (χ0) is 13.8. The van der Waals surface area contributed by atoms with E-state index in [1.165, 1.54) is 6.42 Å². The third kappa shape index (κ3) is 3.25. The Kier molecular flexibility index (Phi) is 5.64. The van der Waals surface area contributed by atoms with Crippen LogP contribution >= 0.6 is 0 Å². The van der Waals surface area contributed by atoms with Gasteiger partial charge in [-0.1, -0.05) is 40.5 Å². The highest BCUT2D eigenvalue weighted by molar-refractivity contribution is 5.81. The van der Waals surface area contributed by atoms with Gasteiger partial charge in [-0.3, -0.25) is 4.79 Å². The number of hydrogen-bond donors (Lipinski definition) is 1. The molecule has 0 saturated heterocycles. The van der Waals surface area contributed by atoms with E-state index in [2.05, 4.69) is 33.0 Å². The van der Waals surface area contributed by atoms with E-state index in [0.717, 1.165) is 19.4 Å². The Labute approximate surface area is 112 Å². The van der Waals surface area contributed by atoms with Gasteiger partial charge in [-0.2, -0.15) is 0 Å². The number of ether oxygens (including phenoxy) is 1. The number of nitrogens with one attached hydrogen (secondary N) is 1. The van der Waals surface area contributed by atoms with E-state index in [9.17, 15) is 4.79 Å². The molecule has 0 aromatic rings. The lowest BCUT2D eigenvalue weighted by Crippen LogP contribution is -2.61. The summed E-state index contributed by atoms with van der Waals surface area (Å²) in [4.78, 5) is 12.4. The minimum absolute atomic E-state index is 0.0512. The Morgan fingerprint density at radius 1 is 1.44 bits per heavy atom. The highest BCUT2D eigenvalue weighted by Crippen LogP contribution is 2.38. The van der Waals surface area contributed by atoms with Gasteiger partial charge in [0.2, 0.25) is 0 Å². The molecule has 1 fully saturated rings. The lowest BCUT2D eigenvalue weighted by Gasteiger charge is -2.44. The van der Waals surface area contributed by atoms with Crippen LogP contribution in [0, 0.1) is 17.8 Å². The molecule has 18 heavy (non-hydrogen) atoms. The molecule has 106 valence electrons. The van der Waals surface area contributed by atoms with Crippen LogP contribution in [0.5, 0.6) is 0 Å². The predicted molar refractivity (Wildman–Crippen MR) is 74.4 cm³/mol. The molecule has 0 spiro atoms. The first-order valence-corrected chi connectivity index (χ1v) is 7.36. The van der Waals surface area contributed by atoms with Crippen LogP contribution in [0.2, 0.25) is 0 Å². The topological polar surface area (TPSA) is 38.3 Å². The second kappa shape index (κ2) is 6.55. The number of carbonyl (C=O) groups excluding carboxylic acids is 1. The van der Waals surface area contributed by atoms with E-state index in [-0.39, 0.29) is 5.97 Å². The average molecular weight is 255 g/mol. The summed E-state index contributed by atoms with van der Waals surface area (Å²) in [5.41, 5.74) is -0.460. The standard InChI is InChI=1S/C15H29NO2/c1-6-18-14(17)15(16-10-11(2)3)9-7-8-12(4)13(15)5/h11-13,16H,6-10H2,1-5H3. The molecule has 0 bridgehead atoms. The average Bonchev–Trinajstić information content (AvgIpc) is 2.31. The minimum atomic E-state index is -0.460. The fourth-order valence-electron chi connectivity index (χ4n) is 2.92. The first-order valence-electron chi connectivity index (χ1n) is 7.36. The lowest BCUT2D eigenvalue weighted by atomic mass is 9.68. The number of rotatable bonds is 5. The summed E-state index contributed by atoms with van der Waals surface area (Å²) in [6.45, 7) is 12.0. The van der Waals surface area contributed by atoms with Gasteiger partial charge in [0.25, 0.3) is 0 Å². The van der Waals surface area contributed by atoms with Crippen molar-refractivity contribution in [3.05, 3.63) is 0 Å². The van der Waals surface area contributed by atoms with Gasteiger partial charge < -0.3 is 10.1 Å². The lowest BCUT2D eigenvalue weighted by molar-refractivity contribution is -0.156. The molecule has 0 aromatic carbocycles. The second-order valence-corrected chi connectivity index (χ2v) is 6.12. The molecular weight excluding hydrogens is 226 g/mol. The SMILES string of the molecule is CCOC(=O)C1(NCC(C)C)CCCC(C)C1C. The molecule has 3 atom stereocenters. The van der Waals surface area contributed by atoms with E-state index in [4.69, 9.17) is 4.74 Å². The van der Waals surface area contributed by atoms with Crippen molar-refractivity contribution in [2.24, 2.45) is 17.8 Å². The maximum atomic E-state index is 12.4. The molecule has 0 radical (unpaired) electrons. The van der Waals surface area contributed by atoms with Crippen molar-refractivity contribution < 1.29 is 9.53 Å². The molecule has 0 heterocycles. The molecule has 1 rings (SSSR count). The summed E-state index contributed by atoms with van der Waals surface area (Å²) >= 11 is 0. The number of hydrogen-bond acceptors (Lipinski definition) is 3. The monoisotopic (exact) mass is 255 g/mol. The van der Waals surface area contributed by atoms with Crippen LogP contribution in [-0.2, 0) is 9.53 Å². The molecule has 3 heteroatoms. The van der Waals surface area contributed by atoms with Gasteiger partial charge in [0.05, 0.1) is 6.61 Å². The van der Waals surface area contributed by atoms with Crippen LogP contribution in [0.3, 0.4) is 0 Å². The van der Waals surface area contributed by atoms with Crippen LogP contribution < -0.4 is 5.32 Å². The molecule has 1 aliphatic carbocycles. The summed E-state index contributed by atoms with van der Waals surface area (Å²) < 4.78 is 5.33. The normalized spacial score (nSPS) is 32.6. The Morgan fingerprint density at radius 2 is 2.11 bits per heavy atom. The van der Waals surface area contributed by atoms with Gasteiger partial charge in [-0.25, -0.2) is 0 Å². The maximum Gasteiger partial charge on any atom is 0.326 e. The summed E-state index contributed by atoms with van der Waals surface area (Å²) in [6, 6.07) is 0. The fraction of sp³-hybridized carbons (Fsp3) is 0.933. The van der Waals surface area contributed by atoms with Crippen LogP contribution in [0.25, 0.3) is 0 Å². The smallest absolute Gasteiger partial charge is 0.326 e. The van der Waals surface area contributed by atoms with Gasteiger partial charge in [0.15, 0.2) is 0 Å². The van der Waals surface area contributed by atoms with Crippen molar-refractivity contribution >= 4 is 5.97 Å². The molecule has 0 aliphatic heterocycles. The van der Waals surface area contributed by atoms with E-state index >= 15 is 0 Å². The maximum absolute atomic E-state index is 12.4. The first kappa shape index (κ1) is 15.5. The van der Waals surface area contributed by atoms with Crippen molar-refractivity contribution in [2.75, 3.05) is 13.2 Å². The summed E-state index contributed by atoms with van der Waals surface area (Å²) in [5, 5.41) is 3.52. The first-order chi connectivity index (χ1) is 8.44. The van der Waals surface area contributed by atoms with E-state index in [1.54, 1.807) is 0 Å². The summed E-state index contributed by atoms with van der Waals surface area (Å²) in [7, 11) is 0. The Hall–Kier alpha value is -0.570. The number of esters is 1. The molecule has 0 amide bonds. The van der Waals surface area contributed by atoms with Crippen molar-refractivity contribution in [3.63, 3.8) is 0 Å². The highest BCUT2D eigenvalue weighted by atomic mass is 16.5. The zero-order valence-electron chi connectivity index (χ0n) is 12.6. The molecule has 1 saturated carbocycles. The second-order valence-electron chi connectivity index (χ2n) is 6.12. The van der Waals surface area contributed by atoms with Crippen LogP contribution in [-0.4, -0.2) is 24.7 Å². The van der Waals surface area contributed by atoms with Gasteiger partial charge in [-0.05, 0) is 37.6 Å². The molecule has 0 aromatic heterocycles. The van der Waals surface area contributed by atoms with Crippen LogP contribution in [0.4, 0.5) is 0 Å². The van der Waals surface area contributed by atoms with E-state index in [1.807, 2.05) is 6.92 Å². The third-order valence-electron chi connectivity index (χ3n) is 4.33. The highest BCUT2D eigenvalue weighted by Gasteiger charge is 2.48. The summed E-state index contributed by atoms with van der Waals surface area (Å²) in [6.07, 6.45) is 3.23. The van der Waals surface area contributed by atoms with Crippen LogP contribution in [0.1, 0.15) is 53.9 Å². The van der Waals surface area contributed by atoms with Crippen LogP contribution in [0.15, 0.2) is 0 Å². The Balaban J connectivity index is 2.88. The van der Waals surface area contributed by atoms with Gasteiger partial charge in [0.1, 0.15) is 5.54 Å². The number of carbonyl (C=O) groups is 1. The molecule has 1 N–H and O–H groups in total. The van der Waals surface area contributed by atoms with Crippen molar-refractivity contribution in [3.8, 4) is 0 Å². The fourth-order valence-corrected chi connectivity index (χ4v) is 2.92. The predicted octanol–water partition coefficient (Wildman–Crippen LogP) is 2.99. The summed E-state index contributed by atoms with van der Waals surface area (Å²) in [5.74, 6) is 1.40. The van der Waals surface area contributed by atoms with Crippen molar-refractivity contribution in [1.82, 2.24) is 5.32 Å². The molecule has 3 nitrogen and oxygen atoms in total. The van der Waals surface area contributed by atoms with Gasteiger partial charge in [0, 0.05) is 0 Å². The van der Waals surface area contributed by atoms with Crippen molar-refractivity contribution in [2.45, 2.75) is 59.4 Å². The van der Waals surface area contributed by atoms with E-state index in [0.29, 0.717) is 24.4 Å². The molecule has 3 unspecified atom stereocenters. The zero-order valence-corrected chi connectivity index (χ0v) is 12.6. The van der Waals surface area contributed by atoms with Crippen molar-refractivity contribution in [1.29, 1.82) is 0 Å². The quantitative estimate of drug-likeness (QED) is 0.768. The molecule has 1 aliphatic rings. The van der Waals surface area contributed by atoms with Gasteiger partial charge >= 0.3 is 5.97 Å². The molecular formula is C15H29NO2.